The Labute approximate surface area is 216 Å². The molecule has 3 aromatic carbocycles. The third kappa shape index (κ3) is 8.08. The van der Waals surface area contributed by atoms with Crippen LogP contribution < -0.4 is 5.32 Å². The first-order valence-electron chi connectivity index (χ1n) is 13.2. The van der Waals surface area contributed by atoms with Gasteiger partial charge in [-0.25, -0.2) is 0 Å². The van der Waals surface area contributed by atoms with Crippen LogP contribution in [0, 0.1) is 6.92 Å². The first-order valence-corrected chi connectivity index (χ1v) is 13.2. The van der Waals surface area contributed by atoms with Crippen LogP contribution in [0.25, 0.3) is 0 Å². The zero-order valence-electron chi connectivity index (χ0n) is 22.0. The second kappa shape index (κ2) is 14.2. The Kier molecular flexibility index (Phi) is 10.7. The van der Waals surface area contributed by atoms with Gasteiger partial charge >= 0.3 is 0 Å². The Morgan fingerprint density at radius 2 is 1.50 bits per heavy atom. The molecule has 190 valence electrons. The molecule has 0 aliphatic heterocycles. The summed E-state index contributed by atoms with van der Waals surface area (Å²) < 4.78 is 0. The fourth-order valence-electron chi connectivity index (χ4n) is 4.37. The van der Waals surface area contributed by atoms with Crippen LogP contribution in [-0.4, -0.2) is 29.3 Å². The fourth-order valence-corrected chi connectivity index (χ4v) is 4.37. The summed E-state index contributed by atoms with van der Waals surface area (Å²) in [6.07, 6.45) is 4.43. The van der Waals surface area contributed by atoms with Gasteiger partial charge in [0.2, 0.25) is 11.8 Å². The van der Waals surface area contributed by atoms with Gasteiger partial charge < -0.3 is 10.2 Å². The molecule has 1 atom stereocenters. The molecule has 4 heteroatoms. The van der Waals surface area contributed by atoms with E-state index in [9.17, 15) is 9.59 Å². The van der Waals surface area contributed by atoms with Crippen LogP contribution in [0.1, 0.15) is 60.9 Å². The SMILES string of the molecule is CCCCNC(=O)[C@H](Cc1ccccc1)N(Cc1ccccc1C)C(=O)CCc1ccc(CC)cc1. The molecular weight excluding hydrogens is 444 g/mol. The number of carbonyl (C=O) groups is 2. The Hall–Kier alpha value is -3.40. The molecule has 0 saturated heterocycles. The largest absolute Gasteiger partial charge is 0.354 e. The Morgan fingerprint density at radius 3 is 2.17 bits per heavy atom. The van der Waals surface area contributed by atoms with Crippen LogP contribution in [-0.2, 0) is 35.4 Å². The average molecular weight is 485 g/mol. The van der Waals surface area contributed by atoms with Crippen molar-refractivity contribution in [2.75, 3.05) is 6.54 Å². The maximum absolute atomic E-state index is 13.8. The van der Waals surface area contributed by atoms with Crippen LogP contribution in [0.5, 0.6) is 0 Å². The second-order valence-electron chi connectivity index (χ2n) is 9.47. The number of hydrogen-bond donors (Lipinski definition) is 1. The van der Waals surface area contributed by atoms with E-state index in [1.807, 2.05) is 48.5 Å². The summed E-state index contributed by atoms with van der Waals surface area (Å²) in [4.78, 5) is 29.1. The lowest BCUT2D eigenvalue weighted by Gasteiger charge is -2.32. The molecule has 2 amide bonds. The average Bonchev–Trinajstić information content (AvgIpc) is 2.91. The maximum Gasteiger partial charge on any atom is 0.243 e. The lowest BCUT2D eigenvalue weighted by atomic mass is 10.00. The molecule has 0 bridgehead atoms. The van der Waals surface area contributed by atoms with E-state index in [0.717, 1.165) is 41.5 Å². The molecule has 0 heterocycles. The minimum atomic E-state index is -0.571. The Balaban J connectivity index is 1.87. The molecule has 0 saturated carbocycles. The van der Waals surface area contributed by atoms with E-state index in [1.54, 1.807) is 4.90 Å². The number of aryl methyl sites for hydroxylation is 3. The highest BCUT2D eigenvalue weighted by Crippen LogP contribution is 2.19. The minimum absolute atomic E-state index is 0.00407. The van der Waals surface area contributed by atoms with Crippen molar-refractivity contribution < 1.29 is 9.59 Å². The van der Waals surface area contributed by atoms with Crippen LogP contribution in [0.4, 0.5) is 0 Å². The molecule has 0 spiro atoms. The summed E-state index contributed by atoms with van der Waals surface area (Å²) in [5.41, 5.74) is 5.67. The molecule has 0 aliphatic rings. The van der Waals surface area contributed by atoms with Crippen molar-refractivity contribution >= 4 is 11.8 Å². The number of nitrogens with one attached hydrogen (secondary N) is 1. The zero-order valence-corrected chi connectivity index (χ0v) is 22.0. The van der Waals surface area contributed by atoms with E-state index < -0.39 is 6.04 Å². The first kappa shape index (κ1) is 27.2. The normalized spacial score (nSPS) is 11.6. The number of hydrogen-bond acceptors (Lipinski definition) is 2. The topological polar surface area (TPSA) is 49.4 Å². The highest BCUT2D eigenvalue weighted by atomic mass is 16.2. The lowest BCUT2D eigenvalue weighted by molar-refractivity contribution is -0.141. The van der Waals surface area contributed by atoms with Gasteiger partial charge in [-0.3, -0.25) is 9.59 Å². The molecule has 3 rings (SSSR count). The predicted molar refractivity (Wildman–Crippen MR) is 148 cm³/mol. The van der Waals surface area contributed by atoms with Crippen molar-refractivity contribution in [2.45, 2.75) is 71.9 Å². The molecule has 3 aromatic rings. The minimum Gasteiger partial charge on any atom is -0.354 e. The summed E-state index contributed by atoms with van der Waals surface area (Å²) in [5.74, 6) is -0.0778. The third-order valence-electron chi connectivity index (χ3n) is 6.76. The molecule has 0 radical (unpaired) electrons. The van der Waals surface area contributed by atoms with Crippen molar-refractivity contribution in [2.24, 2.45) is 0 Å². The number of nitrogens with zero attached hydrogens (tertiary/aromatic N) is 1. The van der Waals surface area contributed by atoms with Crippen LogP contribution in [0.2, 0.25) is 0 Å². The summed E-state index contributed by atoms with van der Waals surface area (Å²) in [6, 6.07) is 26.0. The monoisotopic (exact) mass is 484 g/mol. The van der Waals surface area contributed by atoms with Gasteiger partial charge in [-0.05, 0) is 54.0 Å². The molecule has 0 aliphatic carbocycles. The van der Waals surface area contributed by atoms with Crippen molar-refractivity contribution in [1.29, 1.82) is 0 Å². The van der Waals surface area contributed by atoms with Crippen LogP contribution in [0.3, 0.4) is 0 Å². The number of rotatable bonds is 13. The molecular formula is C32H40N2O2. The van der Waals surface area contributed by atoms with Gasteiger partial charge in [0, 0.05) is 25.9 Å². The van der Waals surface area contributed by atoms with Crippen LogP contribution in [0.15, 0.2) is 78.9 Å². The molecule has 36 heavy (non-hydrogen) atoms. The van der Waals surface area contributed by atoms with Crippen molar-refractivity contribution in [3.05, 3.63) is 107 Å². The van der Waals surface area contributed by atoms with Crippen molar-refractivity contribution in [3.63, 3.8) is 0 Å². The summed E-state index contributed by atoms with van der Waals surface area (Å²) in [6.45, 7) is 7.34. The van der Waals surface area contributed by atoms with Gasteiger partial charge in [-0.2, -0.15) is 0 Å². The van der Waals surface area contributed by atoms with E-state index in [2.05, 4.69) is 56.4 Å². The van der Waals surface area contributed by atoms with Gasteiger partial charge in [-0.15, -0.1) is 0 Å². The smallest absolute Gasteiger partial charge is 0.243 e. The van der Waals surface area contributed by atoms with Gasteiger partial charge in [-0.1, -0.05) is 99.1 Å². The highest BCUT2D eigenvalue weighted by molar-refractivity contribution is 5.88. The van der Waals surface area contributed by atoms with Gasteiger partial charge in [0.25, 0.3) is 0 Å². The number of carbonyl (C=O) groups excluding carboxylic acids is 2. The maximum atomic E-state index is 13.8. The summed E-state index contributed by atoms with van der Waals surface area (Å²) >= 11 is 0. The van der Waals surface area contributed by atoms with Crippen molar-refractivity contribution in [3.8, 4) is 0 Å². The molecule has 1 N–H and O–H groups in total. The number of benzene rings is 3. The van der Waals surface area contributed by atoms with E-state index >= 15 is 0 Å². The van der Waals surface area contributed by atoms with E-state index in [0.29, 0.717) is 32.4 Å². The number of amides is 2. The Morgan fingerprint density at radius 1 is 0.833 bits per heavy atom. The highest BCUT2D eigenvalue weighted by Gasteiger charge is 2.30. The standard InChI is InChI=1S/C32H40N2O2/c1-4-6-22-33-32(36)30(23-28-13-8-7-9-14-28)34(24-29-15-11-10-12-25(29)3)31(35)21-20-27-18-16-26(5-2)17-19-27/h7-19,30H,4-6,20-24H2,1-3H3,(H,33,36)/t30-/m0/s1. The quantitative estimate of drug-likeness (QED) is 0.300. The van der Waals surface area contributed by atoms with E-state index in [1.165, 1.54) is 5.56 Å². The third-order valence-corrected chi connectivity index (χ3v) is 6.76. The molecule has 0 fully saturated rings. The number of unbranched alkanes of at least 4 members (excludes halogenated alkanes) is 1. The van der Waals surface area contributed by atoms with Crippen LogP contribution >= 0.6 is 0 Å². The van der Waals surface area contributed by atoms with Crippen molar-refractivity contribution in [1.82, 2.24) is 10.2 Å². The zero-order chi connectivity index (χ0) is 25.8. The van der Waals surface area contributed by atoms with Gasteiger partial charge in [0.05, 0.1) is 0 Å². The van der Waals surface area contributed by atoms with E-state index in [4.69, 9.17) is 0 Å². The Bertz CT molecular complexity index is 1090. The van der Waals surface area contributed by atoms with E-state index in [-0.39, 0.29) is 11.8 Å². The first-order chi connectivity index (χ1) is 17.5. The summed E-state index contributed by atoms with van der Waals surface area (Å²) in [5, 5.41) is 3.09. The fraction of sp³-hybridized carbons (Fsp3) is 0.375. The molecule has 0 aromatic heterocycles. The molecule has 0 unspecified atom stereocenters. The molecule has 4 nitrogen and oxygen atoms in total. The van der Waals surface area contributed by atoms with Gasteiger partial charge in [0.1, 0.15) is 6.04 Å². The van der Waals surface area contributed by atoms with Gasteiger partial charge in [0.15, 0.2) is 0 Å². The summed E-state index contributed by atoms with van der Waals surface area (Å²) in [7, 11) is 0. The lowest BCUT2D eigenvalue weighted by Crippen LogP contribution is -2.50. The predicted octanol–water partition coefficient (Wildman–Crippen LogP) is 6.05. The second-order valence-corrected chi connectivity index (χ2v) is 9.47.